The van der Waals surface area contributed by atoms with E-state index in [1.807, 2.05) is 32.9 Å². The van der Waals surface area contributed by atoms with Gasteiger partial charge in [-0.3, -0.25) is 9.10 Å². The molecular weight excluding hydrogens is 376 g/mol. The van der Waals surface area contributed by atoms with Gasteiger partial charge in [0.15, 0.2) is 0 Å². The third-order valence-corrected chi connectivity index (χ3v) is 6.58. The van der Waals surface area contributed by atoms with Crippen LogP contribution in [-0.2, 0) is 21.2 Å². The van der Waals surface area contributed by atoms with Crippen molar-refractivity contribution in [1.82, 2.24) is 0 Å². The second kappa shape index (κ2) is 7.47. The van der Waals surface area contributed by atoms with E-state index < -0.39 is 15.4 Å². The van der Waals surface area contributed by atoms with Crippen LogP contribution in [0.25, 0.3) is 0 Å². The minimum atomic E-state index is -3.71. The number of benzene rings is 2. The van der Waals surface area contributed by atoms with E-state index in [9.17, 15) is 13.2 Å². The summed E-state index contributed by atoms with van der Waals surface area (Å²) in [6.07, 6.45) is 1.55. The Hall–Kier alpha value is -2.54. The summed E-state index contributed by atoms with van der Waals surface area (Å²) >= 11 is 0. The molecule has 0 radical (unpaired) electrons. The van der Waals surface area contributed by atoms with Crippen LogP contribution in [0.1, 0.15) is 32.8 Å². The summed E-state index contributed by atoms with van der Waals surface area (Å²) in [5.74, 6) is 0.484. The maximum atomic E-state index is 13.2. The molecule has 1 amide bonds. The second-order valence-corrected chi connectivity index (χ2v) is 9.77. The van der Waals surface area contributed by atoms with Crippen LogP contribution in [0.5, 0.6) is 5.75 Å². The number of carbonyl (C=O) groups excluding carboxylic acids is 1. The number of rotatable bonds is 4. The zero-order chi connectivity index (χ0) is 20.5. The Kier molecular flexibility index (Phi) is 5.39. The fourth-order valence-electron chi connectivity index (χ4n) is 3.06. The van der Waals surface area contributed by atoms with Crippen LogP contribution in [0.15, 0.2) is 47.4 Å². The summed E-state index contributed by atoms with van der Waals surface area (Å²) in [5, 5.41) is 2.88. The normalized spacial score (nSPS) is 14.4. The van der Waals surface area contributed by atoms with Crippen molar-refractivity contribution in [2.45, 2.75) is 38.5 Å². The van der Waals surface area contributed by atoms with Gasteiger partial charge in [-0.05, 0) is 54.8 Å². The molecule has 0 bridgehead atoms. The molecule has 0 aromatic heterocycles. The summed E-state index contributed by atoms with van der Waals surface area (Å²) in [4.78, 5) is 12.5. The van der Waals surface area contributed by atoms with Gasteiger partial charge in [0.1, 0.15) is 5.75 Å². The highest BCUT2D eigenvalue weighted by Gasteiger charge is 2.30. The topological polar surface area (TPSA) is 75.7 Å². The number of nitrogens with one attached hydrogen (secondary N) is 1. The van der Waals surface area contributed by atoms with Crippen molar-refractivity contribution in [2.24, 2.45) is 5.41 Å². The zero-order valence-corrected chi connectivity index (χ0v) is 17.5. The maximum Gasteiger partial charge on any atom is 0.264 e. The third kappa shape index (κ3) is 3.99. The average Bonchev–Trinajstić information content (AvgIpc) is 2.66. The summed E-state index contributed by atoms with van der Waals surface area (Å²) in [5.41, 5.74) is 1.63. The maximum absolute atomic E-state index is 13.2. The first-order valence-electron chi connectivity index (χ1n) is 9.24. The van der Waals surface area contributed by atoms with Gasteiger partial charge < -0.3 is 10.1 Å². The summed E-state index contributed by atoms with van der Waals surface area (Å²) < 4.78 is 33.0. The predicted molar refractivity (Wildman–Crippen MR) is 110 cm³/mol. The molecule has 1 heterocycles. The highest BCUT2D eigenvalue weighted by molar-refractivity contribution is 7.92. The van der Waals surface area contributed by atoms with E-state index >= 15 is 0 Å². The van der Waals surface area contributed by atoms with Gasteiger partial charge >= 0.3 is 0 Å². The van der Waals surface area contributed by atoms with Crippen LogP contribution in [0.4, 0.5) is 11.4 Å². The summed E-state index contributed by atoms with van der Waals surface area (Å²) in [7, 11) is -2.17. The second-order valence-electron chi connectivity index (χ2n) is 7.90. The predicted octanol–water partition coefficient (Wildman–Crippen LogP) is 3.82. The number of sulfonamides is 1. The average molecular weight is 403 g/mol. The lowest BCUT2D eigenvalue weighted by atomic mass is 9.95. The van der Waals surface area contributed by atoms with Gasteiger partial charge in [0, 0.05) is 17.6 Å². The molecule has 0 saturated heterocycles. The molecule has 0 saturated carbocycles. The molecule has 7 heteroatoms. The molecule has 6 nitrogen and oxygen atoms in total. The van der Waals surface area contributed by atoms with E-state index in [0.29, 0.717) is 23.7 Å². The highest BCUT2D eigenvalue weighted by Crippen LogP contribution is 2.34. The monoisotopic (exact) mass is 402 g/mol. The van der Waals surface area contributed by atoms with Crippen molar-refractivity contribution in [1.29, 1.82) is 0 Å². The van der Waals surface area contributed by atoms with Crippen LogP contribution < -0.4 is 14.4 Å². The van der Waals surface area contributed by atoms with Gasteiger partial charge in [0.25, 0.3) is 10.0 Å². The quantitative estimate of drug-likeness (QED) is 0.843. The molecule has 2 aromatic carbocycles. The molecule has 1 aliphatic heterocycles. The lowest BCUT2D eigenvalue weighted by Crippen LogP contribution is -2.35. The minimum absolute atomic E-state index is 0.118. The van der Waals surface area contributed by atoms with Gasteiger partial charge in [0.2, 0.25) is 5.91 Å². The van der Waals surface area contributed by atoms with Crippen molar-refractivity contribution in [3.63, 3.8) is 0 Å². The Morgan fingerprint density at radius 1 is 1.11 bits per heavy atom. The zero-order valence-electron chi connectivity index (χ0n) is 16.7. The molecule has 0 fully saturated rings. The number of amides is 1. The minimum Gasteiger partial charge on any atom is -0.497 e. The number of methoxy groups -OCH3 is 1. The summed E-state index contributed by atoms with van der Waals surface area (Å²) in [6.45, 7) is 5.90. The Balaban J connectivity index is 1.97. The van der Waals surface area contributed by atoms with Crippen LogP contribution in [0.3, 0.4) is 0 Å². The number of hydrogen-bond acceptors (Lipinski definition) is 4. The van der Waals surface area contributed by atoms with E-state index in [1.165, 1.54) is 11.4 Å². The highest BCUT2D eigenvalue weighted by atomic mass is 32.2. The Morgan fingerprint density at radius 3 is 2.39 bits per heavy atom. The molecule has 0 atom stereocenters. The van der Waals surface area contributed by atoms with Crippen LogP contribution >= 0.6 is 0 Å². The first kappa shape index (κ1) is 20.2. The largest absolute Gasteiger partial charge is 0.497 e. The van der Waals surface area contributed by atoms with E-state index in [-0.39, 0.29) is 10.8 Å². The molecule has 0 unspecified atom stereocenters. The molecule has 150 valence electrons. The van der Waals surface area contributed by atoms with Crippen molar-refractivity contribution in [3.05, 3.63) is 48.0 Å². The van der Waals surface area contributed by atoms with Gasteiger partial charge in [-0.1, -0.05) is 26.8 Å². The fourth-order valence-corrected chi connectivity index (χ4v) is 4.59. The number of fused-ring (bicyclic) bond motifs is 1. The van der Waals surface area contributed by atoms with Crippen molar-refractivity contribution in [2.75, 3.05) is 23.3 Å². The first-order valence-corrected chi connectivity index (χ1v) is 10.7. The van der Waals surface area contributed by atoms with Gasteiger partial charge in [-0.2, -0.15) is 0 Å². The van der Waals surface area contributed by atoms with Crippen LogP contribution in [0, 0.1) is 5.41 Å². The van der Waals surface area contributed by atoms with Crippen molar-refractivity contribution >= 4 is 27.3 Å². The lowest BCUT2D eigenvalue weighted by Gasteiger charge is -2.31. The SMILES string of the molecule is COc1ccc(S(=O)(=O)N2CCCc3ccc(NC(=O)C(C)(C)C)cc32)cc1. The van der Waals surface area contributed by atoms with E-state index in [1.54, 1.807) is 30.3 Å². The summed E-state index contributed by atoms with van der Waals surface area (Å²) in [6, 6.07) is 11.8. The number of hydrogen-bond donors (Lipinski definition) is 1. The number of carbonyl (C=O) groups is 1. The molecule has 1 N–H and O–H groups in total. The molecule has 28 heavy (non-hydrogen) atoms. The van der Waals surface area contributed by atoms with Gasteiger partial charge in [-0.15, -0.1) is 0 Å². The van der Waals surface area contributed by atoms with E-state index in [2.05, 4.69) is 5.32 Å². The van der Waals surface area contributed by atoms with Gasteiger partial charge in [-0.25, -0.2) is 8.42 Å². The number of aryl methyl sites for hydroxylation is 1. The van der Waals surface area contributed by atoms with E-state index in [4.69, 9.17) is 4.74 Å². The third-order valence-electron chi connectivity index (χ3n) is 4.75. The van der Waals surface area contributed by atoms with Crippen molar-refractivity contribution in [3.8, 4) is 5.75 Å². The molecular formula is C21H26N2O4S. The Bertz CT molecular complexity index is 976. The molecule has 0 spiro atoms. The number of nitrogens with zero attached hydrogens (tertiary/aromatic N) is 1. The van der Waals surface area contributed by atoms with Crippen LogP contribution in [-0.4, -0.2) is 28.0 Å². The Labute approximate surface area is 166 Å². The standard InChI is InChI=1S/C21H26N2O4S/c1-21(2,3)20(24)22-16-8-7-15-6-5-13-23(19(15)14-16)28(25,26)18-11-9-17(27-4)10-12-18/h7-12,14H,5-6,13H2,1-4H3,(H,22,24). The van der Waals surface area contributed by atoms with Crippen molar-refractivity contribution < 1.29 is 17.9 Å². The van der Waals surface area contributed by atoms with Gasteiger partial charge in [0.05, 0.1) is 17.7 Å². The first-order chi connectivity index (χ1) is 13.1. The molecule has 2 aromatic rings. The van der Waals surface area contributed by atoms with E-state index in [0.717, 1.165) is 18.4 Å². The molecule has 3 rings (SSSR count). The Morgan fingerprint density at radius 2 is 1.79 bits per heavy atom. The smallest absolute Gasteiger partial charge is 0.264 e. The fraction of sp³-hybridized carbons (Fsp3) is 0.381. The number of anilines is 2. The molecule has 1 aliphatic rings. The number of ether oxygens (including phenoxy) is 1. The molecule has 0 aliphatic carbocycles. The lowest BCUT2D eigenvalue weighted by molar-refractivity contribution is -0.123. The van der Waals surface area contributed by atoms with Crippen LogP contribution in [0.2, 0.25) is 0 Å².